The van der Waals surface area contributed by atoms with Crippen LogP contribution < -0.4 is 0 Å². The zero-order valence-corrected chi connectivity index (χ0v) is 14.3. The van der Waals surface area contributed by atoms with Crippen LogP contribution in [-0.4, -0.2) is 56.5 Å². The van der Waals surface area contributed by atoms with Gasteiger partial charge in [0, 0.05) is 18.2 Å². The number of aryl methyl sites for hydroxylation is 1. The minimum Gasteiger partial charge on any atom is -0.394 e. The minimum atomic E-state index is -0.598. The van der Waals surface area contributed by atoms with E-state index in [9.17, 15) is 15.0 Å². The van der Waals surface area contributed by atoms with Gasteiger partial charge in [-0.2, -0.15) is 0 Å². The van der Waals surface area contributed by atoms with Gasteiger partial charge in [-0.05, 0) is 31.7 Å². The van der Waals surface area contributed by atoms with Crippen LogP contribution in [0.4, 0.5) is 0 Å². The van der Waals surface area contributed by atoms with E-state index in [0.717, 1.165) is 30.7 Å². The molecule has 134 valence electrons. The molecule has 2 aromatic rings. The van der Waals surface area contributed by atoms with Crippen molar-refractivity contribution in [3.63, 3.8) is 0 Å². The molecule has 0 spiro atoms. The third-order valence-corrected chi connectivity index (χ3v) is 5.11. The number of aliphatic hydroxyl groups excluding tert-OH is 2. The third kappa shape index (κ3) is 2.91. The highest BCUT2D eigenvalue weighted by molar-refractivity contribution is 6.06. The first-order valence-electron chi connectivity index (χ1n) is 9.01. The quantitative estimate of drug-likeness (QED) is 0.854. The number of hydrogen-bond donors (Lipinski definition) is 2. The number of carbonyl (C=O) groups excluding carboxylic acids is 1. The largest absolute Gasteiger partial charge is 0.394 e. The van der Waals surface area contributed by atoms with Crippen LogP contribution in [0.15, 0.2) is 10.6 Å². The lowest BCUT2D eigenvalue weighted by Crippen LogP contribution is -2.38. The van der Waals surface area contributed by atoms with Crippen molar-refractivity contribution in [2.75, 3.05) is 13.2 Å². The predicted molar refractivity (Wildman–Crippen MR) is 90.3 cm³/mol. The van der Waals surface area contributed by atoms with E-state index in [2.05, 4.69) is 10.1 Å². The Morgan fingerprint density at radius 2 is 2.24 bits per heavy atom. The third-order valence-electron chi connectivity index (χ3n) is 5.11. The molecule has 0 radical (unpaired) electrons. The van der Waals surface area contributed by atoms with Crippen molar-refractivity contribution in [2.45, 2.75) is 57.1 Å². The van der Waals surface area contributed by atoms with Crippen molar-refractivity contribution in [1.29, 1.82) is 0 Å². The van der Waals surface area contributed by atoms with Gasteiger partial charge in [0.1, 0.15) is 0 Å². The monoisotopic (exact) mass is 345 g/mol. The highest BCUT2D eigenvalue weighted by atomic mass is 16.5. The van der Waals surface area contributed by atoms with Crippen LogP contribution in [0.1, 0.15) is 60.3 Å². The highest BCUT2D eigenvalue weighted by Crippen LogP contribution is 2.41. The summed E-state index contributed by atoms with van der Waals surface area (Å²) < 4.78 is 5.42. The Morgan fingerprint density at radius 1 is 1.44 bits per heavy atom. The van der Waals surface area contributed by atoms with Gasteiger partial charge < -0.3 is 19.6 Å². The number of amides is 1. The molecule has 3 heterocycles. The number of carbonyl (C=O) groups is 1. The van der Waals surface area contributed by atoms with E-state index in [-0.39, 0.29) is 25.1 Å². The van der Waals surface area contributed by atoms with Crippen LogP contribution in [0.5, 0.6) is 0 Å². The Hall–Kier alpha value is -1.99. The number of likely N-dealkylation sites (tertiary alicyclic amines) is 1. The number of aromatic nitrogens is 2. The summed E-state index contributed by atoms with van der Waals surface area (Å²) in [5, 5.41) is 24.3. The zero-order valence-electron chi connectivity index (χ0n) is 14.3. The Balaban J connectivity index is 1.80. The zero-order chi connectivity index (χ0) is 17.6. The predicted octanol–water partition coefficient (Wildman–Crippen LogP) is 1.62. The summed E-state index contributed by atoms with van der Waals surface area (Å²) in [6, 6.07) is 1.50. The van der Waals surface area contributed by atoms with Gasteiger partial charge in [-0.1, -0.05) is 18.5 Å². The van der Waals surface area contributed by atoms with E-state index >= 15 is 0 Å². The fourth-order valence-electron chi connectivity index (χ4n) is 3.66. The Kier molecular flexibility index (Phi) is 4.21. The summed E-state index contributed by atoms with van der Waals surface area (Å²) in [4.78, 5) is 19.4. The van der Waals surface area contributed by atoms with E-state index in [1.807, 2.05) is 13.0 Å². The molecule has 2 aromatic heterocycles. The summed E-state index contributed by atoms with van der Waals surface area (Å²) in [5.74, 6) is 0.193. The number of nitrogens with zero attached hydrogens (tertiary/aromatic N) is 3. The number of aliphatic hydroxyl groups is 2. The molecule has 25 heavy (non-hydrogen) atoms. The van der Waals surface area contributed by atoms with Crippen LogP contribution in [0.2, 0.25) is 0 Å². The second-order valence-corrected chi connectivity index (χ2v) is 7.11. The van der Waals surface area contributed by atoms with E-state index in [0.29, 0.717) is 35.4 Å². The van der Waals surface area contributed by atoms with Crippen molar-refractivity contribution in [1.82, 2.24) is 15.0 Å². The first kappa shape index (κ1) is 16.5. The molecule has 1 saturated heterocycles. The Labute approximate surface area is 145 Å². The normalized spacial score (nSPS) is 23.6. The van der Waals surface area contributed by atoms with E-state index in [1.54, 1.807) is 4.90 Å². The Bertz CT molecular complexity index is 799. The lowest BCUT2D eigenvalue weighted by molar-refractivity contribution is 0.0666. The van der Waals surface area contributed by atoms with Gasteiger partial charge in [-0.3, -0.25) is 4.79 Å². The fraction of sp³-hybridized carbons (Fsp3) is 0.611. The maximum absolute atomic E-state index is 13.2. The number of β-amino-alcohol motifs (C(OH)–C–C–N with tert-alkyl or cyclic N) is 1. The maximum atomic E-state index is 13.2. The second-order valence-electron chi connectivity index (χ2n) is 7.11. The molecule has 7 nitrogen and oxygen atoms in total. The lowest BCUT2D eigenvalue weighted by Gasteiger charge is -2.23. The number of fused-ring (bicyclic) bond motifs is 1. The summed E-state index contributed by atoms with van der Waals surface area (Å²) in [7, 11) is 0. The number of pyridine rings is 1. The molecule has 4 rings (SSSR count). The molecule has 2 aliphatic rings. The van der Waals surface area contributed by atoms with Gasteiger partial charge in [0.2, 0.25) is 0 Å². The highest BCUT2D eigenvalue weighted by Gasteiger charge is 2.36. The van der Waals surface area contributed by atoms with E-state index in [1.165, 1.54) is 0 Å². The number of hydrogen-bond acceptors (Lipinski definition) is 6. The van der Waals surface area contributed by atoms with Crippen LogP contribution in [0.3, 0.4) is 0 Å². The smallest absolute Gasteiger partial charge is 0.259 e. The SMILES string of the molecule is CCCc1noc2nc(C3CC3)cc(C(=O)N3C[C@@H](O)C[C@H]3CO)c12. The van der Waals surface area contributed by atoms with Crippen LogP contribution >= 0.6 is 0 Å². The average molecular weight is 345 g/mol. The van der Waals surface area contributed by atoms with Crippen molar-refractivity contribution in [3.8, 4) is 0 Å². The van der Waals surface area contributed by atoms with E-state index < -0.39 is 6.10 Å². The Morgan fingerprint density at radius 3 is 2.92 bits per heavy atom. The summed E-state index contributed by atoms with van der Waals surface area (Å²) >= 11 is 0. The maximum Gasteiger partial charge on any atom is 0.259 e. The summed E-state index contributed by atoms with van der Waals surface area (Å²) in [6.07, 6.45) is 3.55. The first-order chi connectivity index (χ1) is 12.1. The van der Waals surface area contributed by atoms with Gasteiger partial charge in [0.05, 0.1) is 35.4 Å². The molecule has 7 heteroatoms. The van der Waals surface area contributed by atoms with Gasteiger partial charge >= 0.3 is 0 Å². The molecule has 1 aliphatic carbocycles. The molecular weight excluding hydrogens is 322 g/mol. The van der Waals surface area contributed by atoms with Crippen molar-refractivity contribution >= 4 is 17.0 Å². The standard InChI is InChI=1S/C18H23N3O4/c1-2-3-14-16-13(18(24)21-8-12(23)6-11(21)9-22)7-15(10-4-5-10)19-17(16)25-20-14/h7,10-12,22-23H,2-6,8-9H2,1H3/t11-,12-/m0/s1. The van der Waals surface area contributed by atoms with Gasteiger partial charge in [-0.15, -0.1) is 0 Å². The summed E-state index contributed by atoms with van der Waals surface area (Å²) in [6.45, 7) is 2.13. The molecule has 1 aliphatic heterocycles. The van der Waals surface area contributed by atoms with E-state index in [4.69, 9.17) is 4.52 Å². The van der Waals surface area contributed by atoms with Crippen molar-refractivity contribution in [3.05, 3.63) is 23.0 Å². The molecule has 0 bridgehead atoms. The second kappa shape index (κ2) is 6.38. The molecule has 2 fully saturated rings. The van der Waals surface area contributed by atoms with Crippen LogP contribution in [0.25, 0.3) is 11.1 Å². The van der Waals surface area contributed by atoms with Crippen LogP contribution in [0, 0.1) is 0 Å². The summed E-state index contributed by atoms with van der Waals surface area (Å²) in [5.41, 5.74) is 2.56. The first-order valence-corrected chi connectivity index (χ1v) is 9.01. The van der Waals surface area contributed by atoms with Gasteiger partial charge in [0.25, 0.3) is 11.6 Å². The molecular formula is C18H23N3O4. The van der Waals surface area contributed by atoms with Crippen molar-refractivity contribution < 1.29 is 19.5 Å². The molecule has 1 saturated carbocycles. The average Bonchev–Trinajstić information content (AvgIpc) is 3.29. The fourth-order valence-corrected chi connectivity index (χ4v) is 3.66. The molecule has 1 amide bonds. The van der Waals surface area contributed by atoms with Crippen LogP contribution in [-0.2, 0) is 6.42 Å². The van der Waals surface area contributed by atoms with Gasteiger partial charge in [0.15, 0.2) is 0 Å². The minimum absolute atomic E-state index is 0.155. The molecule has 2 N–H and O–H groups in total. The topological polar surface area (TPSA) is 99.7 Å². The number of rotatable bonds is 5. The van der Waals surface area contributed by atoms with Gasteiger partial charge in [-0.25, -0.2) is 4.98 Å². The molecule has 0 unspecified atom stereocenters. The van der Waals surface area contributed by atoms with Crippen molar-refractivity contribution in [2.24, 2.45) is 0 Å². The molecule has 0 aromatic carbocycles. The lowest BCUT2D eigenvalue weighted by atomic mass is 10.0. The molecule has 2 atom stereocenters.